The molecule has 1 aliphatic rings. The Morgan fingerprint density at radius 1 is 1.29 bits per heavy atom. The minimum Gasteiger partial charge on any atom is -0.331 e. The highest BCUT2D eigenvalue weighted by Crippen LogP contribution is 2.34. The monoisotopic (exact) mass is 196 g/mol. The quantitative estimate of drug-likeness (QED) is 0.470. The first-order valence-corrected chi connectivity index (χ1v) is 5.77. The number of nitrogens with zero attached hydrogens (tertiary/aromatic N) is 1. The fourth-order valence-corrected chi connectivity index (χ4v) is 2.80. The molecule has 0 saturated heterocycles. The molecule has 0 spiro atoms. The van der Waals surface area contributed by atoms with Crippen molar-refractivity contribution < 1.29 is 4.48 Å². The van der Waals surface area contributed by atoms with E-state index in [1.165, 1.54) is 13.0 Å². The molecule has 0 bridgehead atoms. The molecule has 1 nitrogen and oxygen atoms in total. The molecular formula is C13H26N+. The van der Waals surface area contributed by atoms with Crippen LogP contribution in [0.3, 0.4) is 0 Å². The third-order valence-corrected chi connectivity index (χ3v) is 3.36. The minimum absolute atomic E-state index is 0.760. The van der Waals surface area contributed by atoms with Crippen molar-refractivity contribution in [1.82, 2.24) is 0 Å². The van der Waals surface area contributed by atoms with Crippen LogP contribution in [0.5, 0.6) is 0 Å². The second-order valence-electron chi connectivity index (χ2n) is 6.19. The van der Waals surface area contributed by atoms with Crippen molar-refractivity contribution in [3.8, 4) is 0 Å². The SMILES string of the molecule is CC1=C[C@H](C)[C@@H](C[N+](C)(C)C)[C@H](C)C1. The summed E-state index contributed by atoms with van der Waals surface area (Å²) in [4.78, 5) is 0. The number of allylic oxidation sites excluding steroid dienone is 2. The lowest BCUT2D eigenvalue weighted by Gasteiger charge is -2.37. The summed E-state index contributed by atoms with van der Waals surface area (Å²) >= 11 is 0. The first-order valence-electron chi connectivity index (χ1n) is 5.77. The van der Waals surface area contributed by atoms with E-state index in [2.05, 4.69) is 48.0 Å². The third-order valence-electron chi connectivity index (χ3n) is 3.36. The highest BCUT2D eigenvalue weighted by molar-refractivity contribution is 5.08. The Morgan fingerprint density at radius 2 is 1.86 bits per heavy atom. The van der Waals surface area contributed by atoms with E-state index >= 15 is 0 Å². The molecule has 0 N–H and O–H groups in total. The zero-order valence-electron chi connectivity index (χ0n) is 10.7. The molecule has 0 aromatic rings. The maximum atomic E-state index is 2.47. The third kappa shape index (κ3) is 3.13. The van der Waals surface area contributed by atoms with Gasteiger partial charge in [-0.3, -0.25) is 0 Å². The molecule has 1 aliphatic carbocycles. The van der Waals surface area contributed by atoms with E-state index in [-0.39, 0.29) is 0 Å². The van der Waals surface area contributed by atoms with Gasteiger partial charge in [0.25, 0.3) is 0 Å². The van der Waals surface area contributed by atoms with Crippen molar-refractivity contribution in [1.29, 1.82) is 0 Å². The van der Waals surface area contributed by atoms with Gasteiger partial charge in [0.1, 0.15) is 0 Å². The second kappa shape index (κ2) is 4.06. The number of hydrogen-bond acceptors (Lipinski definition) is 0. The molecule has 0 aromatic carbocycles. The van der Waals surface area contributed by atoms with Gasteiger partial charge in [-0.1, -0.05) is 25.5 Å². The lowest BCUT2D eigenvalue weighted by Crippen LogP contribution is -2.43. The molecule has 1 rings (SSSR count). The Labute approximate surface area is 89.4 Å². The normalized spacial score (nSPS) is 34.1. The van der Waals surface area contributed by atoms with Crippen LogP contribution in [0.15, 0.2) is 11.6 Å². The Bertz CT molecular complexity index is 222. The van der Waals surface area contributed by atoms with E-state index < -0.39 is 0 Å². The van der Waals surface area contributed by atoms with Gasteiger partial charge in [0.15, 0.2) is 0 Å². The molecule has 0 heterocycles. The molecule has 0 saturated carbocycles. The summed E-state index contributed by atoms with van der Waals surface area (Å²) in [5, 5.41) is 0. The number of hydrogen-bond donors (Lipinski definition) is 0. The van der Waals surface area contributed by atoms with Gasteiger partial charge in [0, 0.05) is 5.92 Å². The Morgan fingerprint density at radius 3 is 2.29 bits per heavy atom. The fraction of sp³-hybridized carbons (Fsp3) is 0.846. The van der Waals surface area contributed by atoms with Gasteiger partial charge in [-0.25, -0.2) is 0 Å². The Hall–Kier alpha value is -0.300. The van der Waals surface area contributed by atoms with E-state index in [1.807, 2.05) is 0 Å². The van der Waals surface area contributed by atoms with Crippen LogP contribution in [0.25, 0.3) is 0 Å². The summed E-state index contributed by atoms with van der Waals surface area (Å²) in [6.45, 7) is 8.36. The van der Waals surface area contributed by atoms with Crippen LogP contribution in [0, 0.1) is 17.8 Å². The summed E-state index contributed by atoms with van der Waals surface area (Å²) in [6, 6.07) is 0. The van der Waals surface area contributed by atoms with Crippen LogP contribution in [-0.4, -0.2) is 32.2 Å². The predicted octanol–water partition coefficient (Wildman–Crippen LogP) is 2.93. The number of rotatable bonds is 2. The summed E-state index contributed by atoms with van der Waals surface area (Å²) in [5.74, 6) is 2.47. The fourth-order valence-electron chi connectivity index (χ4n) is 2.80. The van der Waals surface area contributed by atoms with E-state index in [0.717, 1.165) is 22.2 Å². The van der Waals surface area contributed by atoms with Crippen LogP contribution >= 0.6 is 0 Å². The Kier molecular flexibility index (Phi) is 3.41. The molecule has 3 atom stereocenters. The predicted molar refractivity (Wildman–Crippen MR) is 63.1 cm³/mol. The molecular weight excluding hydrogens is 170 g/mol. The summed E-state index contributed by atoms with van der Waals surface area (Å²) < 4.78 is 1.09. The van der Waals surface area contributed by atoms with E-state index in [4.69, 9.17) is 0 Å². The minimum atomic E-state index is 0.760. The van der Waals surface area contributed by atoms with Crippen LogP contribution in [0.4, 0.5) is 0 Å². The molecule has 82 valence electrons. The zero-order valence-corrected chi connectivity index (χ0v) is 10.7. The molecule has 0 aliphatic heterocycles. The molecule has 1 heteroatoms. The molecule has 0 aromatic heterocycles. The summed E-state index contributed by atoms with van der Waals surface area (Å²) in [6.07, 6.45) is 3.77. The standard InChI is InChI=1S/C13H26N/c1-10-7-11(2)13(12(3)8-10)9-14(4,5)6/h7,11-13H,8-9H2,1-6H3/q+1/t11-,12+,13+/m0/s1. The molecule has 0 radical (unpaired) electrons. The zero-order chi connectivity index (χ0) is 10.9. The van der Waals surface area contributed by atoms with Crippen molar-refractivity contribution in [2.45, 2.75) is 27.2 Å². The van der Waals surface area contributed by atoms with Gasteiger partial charge >= 0.3 is 0 Å². The molecule has 0 fully saturated rings. The molecule has 14 heavy (non-hydrogen) atoms. The van der Waals surface area contributed by atoms with Gasteiger partial charge in [-0.15, -0.1) is 0 Å². The summed E-state index contributed by atoms with van der Waals surface area (Å²) in [7, 11) is 6.89. The largest absolute Gasteiger partial charge is 0.331 e. The molecule has 0 amide bonds. The van der Waals surface area contributed by atoms with Crippen LogP contribution in [-0.2, 0) is 0 Å². The van der Waals surface area contributed by atoms with Crippen molar-refractivity contribution in [3.05, 3.63) is 11.6 Å². The van der Waals surface area contributed by atoms with Gasteiger partial charge in [-0.2, -0.15) is 0 Å². The second-order valence-corrected chi connectivity index (χ2v) is 6.19. The summed E-state index contributed by atoms with van der Waals surface area (Å²) in [5.41, 5.74) is 1.59. The van der Waals surface area contributed by atoms with Crippen molar-refractivity contribution in [3.63, 3.8) is 0 Å². The van der Waals surface area contributed by atoms with E-state index in [1.54, 1.807) is 5.57 Å². The topological polar surface area (TPSA) is 0 Å². The Balaban J connectivity index is 2.69. The van der Waals surface area contributed by atoms with Crippen LogP contribution < -0.4 is 0 Å². The maximum absolute atomic E-state index is 2.47. The first-order chi connectivity index (χ1) is 6.29. The maximum Gasteiger partial charge on any atom is 0.0817 e. The van der Waals surface area contributed by atoms with E-state index in [0.29, 0.717) is 0 Å². The van der Waals surface area contributed by atoms with Gasteiger partial charge in [0.2, 0.25) is 0 Å². The van der Waals surface area contributed by atoms with Crippen molar-refractivity contribution in [2.75, 3.05) is 27.7 Å². The highest BCUT2D eigenvalue weighted by atomic mass is 15.3. The lowest BCUT2D eigenvalue weighted by atomic mass is 9.74. The first kappa shape index (κ1) is 11.8. The lowest BCUT2D eigenvalue weighted by molar-refractivity contribution is -0.874. The molecule has 0 unspecified atom stereocenters. The van der Waals surface area contributed by atoms with Gasteiger partial charge in [0.05, 0.1) is 27.7 Å². The average Bonchev–Trinajstić information content (AvgIpc) is 1.95. The van der Waals surface area contributed by atoms with Crippen LogP contribution in [0.1, 0.15) is 27.2 Å². The van der Waals surface area contributed by atoms with Crippen LogP contribution in [0.2, 0.25) is 0 Å². The van der Waals surface area contributed by atoms with E-state index in [9.17, 15) is 0 Å². The smallest absolute Gasteiger partial charge is 0.0817 e. The average molecular weight is 196 g/mol. The van der Waals surface area contributed by atoms with Crippen molar-refractivity contribution >= 4 is 0 Å². The van der Waals surface area contributed by atoms with Gasteiger partial charge in [-0.05, 0) is 25.2 Å². The highest BCUT2D eigenvalue weighted by Gasteiger charge is 2.30. The van der Waals surface area contributed by atoms with Crippen molar-refractivity contribution in [2.24, 2.45) is 17.8 Å². The van der Waals surface area contributed by atoms with Gasteiger partial charge < -0.3 is 4.48 Å². The number of quaternary nitrogens is 1.